The van der Waals surface area contributed by atoms with E-state index in [-0.39, 0.29) is 5.56 Å². The highest BCUT2D eigenvalue weighted by Gasteiger charge is 1.99. The van der Waals surface area contributed by atoms with Crippen LogP contribution < -0.4 is 5.56 Å². The standard InChI is InChI=1S/C11H10ClN3O/c1-8-4-11(16)15(7-14-8)6-9-2-3-10(12)13-5-9/h2-5,7H,6H2,1H3. The minimum absolute atomic E-state index is 0.0672. The van der Waals surface area contributed by atoms with Crippen LogP contribution in [0, 0.1) is 6.92 Å². The van der Waals surface area contributed by atoms with E-state index in [2.05, 4.69) is 9.97 Å². The van der Waals surface area contributed by atoms with Gasteiger partial charge in [0.2, 0.25) is 0 Å². The van der Waals surface area contributed by atoms with Crippen molar-refractivity contribution in [1.29, 1.82) is 0 Å². The molecule has 0 N–H and O–H groups in total. The Bertz CT molecular complexity index is 548. The highest BCUT2D eigenvalue weighted by molar-refractivity contribution is 6.29. The molecule has 0 bridgehead atoms. The maximum Gasteiger partial charge on any atom is 0.253 e. The molecule has 2 heterocycles. The van der Waals surface area contributed by atoms with Gasteiger partial charge in [-0.3, -0.25) is 9.36 Å². The zero-order chi connectivity index (χ0) is 11.5. The first-order valence-corrected chi connectivity index (χ1v) is 5.16. The van der Waals surface area contributed by atoms with Crippen LogP contribution in [-0.4, -0.2) is 14.5 Å². The van der Waals surface area contributed by atoms with Gasteiger partial charge in [0.05, 0.1) is 12.9 Å². The number of nitrogens with zero attached hydrogens (tertiary/aromatic N) is 3. The number of aromatic nitrogens is 3. The lowest BCUT2D eigenvalue weighted by Gasteiger charge is -2.04. The maximum absolute atomic E-state index is 11.6. The minimum atomic E-state index is -0.0672. The van der Waals surface area contributed by atoms with Gasteiger partial charge < -0.3 is 0 Å². The molecule has 0 saturated heterocycles. The molecular formula is C11H10ClN3O. The van der Waals surface area contributed by atoms with Crippen molar-refractivity contribution in [3.8, 4) is 0 Å². The molecule has 0 atom stereocenters. The Balaban J connectivity index is 2.27. The van der Waals surface area contributed by atoms with Crippen LogP contribution >= 0.6 is 11.6 Å². The third-order valence-electron chi connectivity index (χ3n) is 2.16. The first-order valence-electron chi connectivity index (χ1n) is 4.79. The summed E-state index contributed by atoms with van der Waals surface area (Å²) in [5.41, 5.74) is 1.56. The Morgan fingerprint density at radius 1 is 1.38 bits per heavy atom. The van der Waals surface area contributed by atoms with E-state index < -0.39 is 0 Å². The molecule has 4 nitrogen and oxygen atoms in total. The molecule has 0 radical (unpaired) electrons. The second-order valence-electron chi connectivity index (χ2n) is 3.49. The summed E-state index contributed by atoms with van der Waals surface area (Å²) in [6.07, 6.45) is 3.18. The monoisotopic (exact) mass is 235 g/mol. The van der Waals surface area contributed by atoms with E-state index in [0.717, 1.165) is 11.3 Å². The molecule has 0 aliphatic rings. The van der Waals surface area contributed by atoms with Gasteiger partial charge in [0, 0.05) is 18.0 Å². The fourth-order valence-electron chi connectivity index (χ4n) is 1.33. The quantitative estimate of drug-likeness (QED) is 0.744. The average molecular weight is 236 g/mol. The lowest BCUT2D eigenvalue weighted by atomic mass is 10.3. The van der Waals surface area contributed by atoms with Crippen LogP contribution in [0.4, 0.5) is 0 Å². The van der Waals surface area contributed by atoms with Gasteiger partial charge >= 0.3 is 0 Å². The summed E-state index contributed by atoms with van der Waals surface area (Å²) in [6, 6.07) is 5.04. The first-order chi connectivity index (χ1) is 7.65. The molecule has 0 aliphatic heterocycles. The fourth-order valence-corrected chi connectivity index (χ4v) is 1.44. The topological polar surface area (TPSA) is 47.8 Å². The lowest BCUT2D eigenvalue weighted by molar-refractivity contribution is 0.728. The molecule has 0 fully saturated rings. The molecule has 16 heavy (non-hydrogen) atoms. The Kier molecular flexibility index (Phi) is 3.01. The van der Waals surface area contributed by atoms with Crippen molar-refractivity contribution >= 4 is 11.6 Å². The molecule has 2 aromatic rings. The van der Waals surface area contributed by atoms with Crippen molar-refractivity contribution in [3.63, 3.8) is 0 Å². The summed E-state index contributed by atoms with van der Waals surface area (Å²) >= 11 is 5.67. The van der Waals surface area contributed by atoms with Gasteiger partial charge in [-0.1, -0.05) is 17.7 Å². The van der Waals surface area contributed by atoms with Crippen molar-refractivity contribution in [2.45, 2.75) is 13.5 Å². The molecule has 82 valence electrons. The van der Waals surface area contributed by atoms with Crippen molar-refractivity contribution in [2.24, 2.45) is 0 Å². The van der Waals surface area contributed by atoms with E-state index in [1.165, 1.54) is 17.0 Å². The molecular weight excluding hydrogens is 226 g/mol. The normalized spacial score (nSPS) is 10.4. The van der Waals surface area contributed by atoms with Crippen LogP contribution in [0.1, 0.15) is 11.3 Å². The van der Waals surface area contributed by atoms with Crippen LogP contribution in [-0.2, 0) is 6.54 Å². The molecule has 0 aromatic carbocycles. The molecule has 2 aromatic heterocycles. The highest BCUT2D eigenvalue weighted by atomic mass is 35.5. The zero-order valence-electron chi connectivity index (χ0n) is 8.72. The zero-order valence-corrected chi connectivity index (χ0v) is 9.48. The van der Waals surface area contributed by atoms with Crippen molar-refractivity contribution < 1.29 is 0 Å². The van der Waals surface area contributed by atoms with E-state index in [1.54, 1.807) is 19.2 Å². The van der Waals surface area contributed by atoms with E-state index in [0.29, 0.717) is 11.7 Å². The minimum Gasteiger partial charge on any atom is -0.295 e. The van der Waals surface area contributed by atoms with Crippen LogP contribution in [0.5, 0.6) is 0 Å². The molecule has 0 amide bonds. The summed E-state index contributed by atoms with van der Waals surface area (Å²) in [4.78, 5) is 19.6. The fraction of sp³-hybridized carbons (Fsp3) is 0.182. The van der Waals surface area contributed by atoms with Crippen LogP contribution in [0.2, 0.25) is 5.15 Å². The number of halogens is 1. The van der Waals surface area contributed by atoms with Crippen molar-refractivity contribution in [3.05, 3.63) is 57.5 Å². The van der Waals surface area contributed by atoms with Crippen molar-refractivity contribution in [1.82, 2.24) is 14.5 Å². The third-order valence-corrected chi connectivity index (χ3v) is 2.38. The number of aryl methyl sites for hydroxylation is 1. The Labute approximate surface area is 97.6 Å². The maximum atomic E-state index is 11.6. The summed E-state index contributed by atoms with van der Waals surface area (Å²) in [7, 11) is 0. The Morgan fingerprint density at radius 2 is 2.19 bits per heavy atom. The summed E-state index contributed by atoms with van der Waals surface area (Å²) in [5, 5.41) is 0.443. The average Bonchev–Trinajstić information content (AvgIpc) is 2.25. The number of rotatable bonds is 2. The Hall–Kier alpha value is -1.68. The molecule has 0 aliphatic carbocycles. The molecule has 5 heteroatoms. The number of pyridine rings is 1. The van der Waals surface area contributed by atoms with Gasteiger partial charge in [-0.15, -0.1) is 0 Å². The SMILES string of the molecule is Cc1cc(=O)n(Cc2ccc(Cl)nc2)cn1. The first kappa shape index (κ1) is 10.8. The highest BCUT2D eigenvalue weighted by Crippen LogP contribution is 2.05. The van der Waals surface area contributed by atoms with Crippen LogP contribution in [0.15, 0.2) is 35.5 Å². The van der Waals surface area contributed by atoms with Crippen molar-refractivity contribution in [2.75, 3.05) is 0 Å². The van der Waals surface area contributed by atoms with Gasteiger partial charge in [-0.25, -0.2) is 9.97 Å². The van der Waals surface area contributed by atoms with Gasteiger partial charge in [0.1, 0.15) is 5.15 Å². The van der Waals surface area contributed by atoms with E-state index in [4.69, 9.17) is 11.6 Å². The molecule has 2 rings (SSSR count). The summed E-state index contributed by atoms with van der Waals surface area (Å²) in [5.74, 6) is 0. The van der Waals surface area contributed by atoms with E-state index in [9.17, 15) is 4.79 Å². The van der Waals surface area contributed by atoms with E-state index in [1.807, 2.05) is 6.07 Å². The lowest BCUT2D eigenvalue weighted by Crippen LogP contribution is -2.20. The predicted molar refractivity (Wildman–Crippen MR) is 61.6 cm³/mol. The smallest absolute Gasteiger partial charge is 0.253 e. The predicted octanol–water partition coefficient (Wildman–Crippen LogP) is 1.65. The van der Waals surface area contributed by atoms with Crippen LogP contribution in [0.25, 0.3) is 0 Å². The second-order valence-corrected chi connectivity index (χ2v) is 3.87. The molecule has 0 saturated carbocycles. The van der Waals surface area contributed by atoms with Gasteiger partial charge in [-0.2, -0.15) is 0 Å². The summed E-state index contributed by atoms with van der Waals surface area (Å²) < 4.78 is 1.53. The number of hydrogen-bond donors (Lipinski definition) is 0. The largest absolute Gasteiger partial charge is 0.295 e. The van der Waals surface area contributed by atoms with Gasteiger partial charge in [0.25, 0.3) is 5.56 Å². The molecule has 0 unspecified atom stereocenters. The van der Waals surface area contributed by atoms with Gasteiger partial charge in [0.15, 0.2) is 0 Å². The third kappa shape index (κ3) is 2.46. The van der Waals surface area contributed by atoms with E-state index >= 15 is 0 Å². The Morgan fingerprint density at radius 3 is 2.81 bits per heavy atom. The van der Waals surface area contributed by atoms with Crippen LogP contribution in [0.3, 0.4) is 0 Å². The summed E-state index contributed by atoms with van der Waals surface area (Å²) in [6.45, 7) is 2.24. The number of hydrogen-bond acceptors (Lipinski definition) is 3. The molecule has 0 spiro atoms. The second kappa shape index (κ2) is 4.45. The van der Waals surface area contributed by atoms with Gasteiger partial charge in [-0.05, 0) is 18.6 Å².